The highest BCUT2D eigenvalue weighted by atomic mass is 32.2. The van der Waals surface area contributed by atoms with E-state index in [1.165, 1.54) is 6.07 Å². The molecule has 0 aliphatic heterocycles. The minimum atomic E-state index is -0.813. The Balaban J connectivity index is 2.65. The van der Waals surface area contributed by atoms with Crippen LogP contribution in [0.5, 0.6) is 0 Å². The van der Waals surface area contributed by atoms with Gasteiger partial charge in [-0.1, -0.05) is 32.9 Å². The summed E-state index contributed by atoms with van der Waals surface area (Å²) in [4.78, 5) is 0. The van der Waals surface area contributed by atoms with Gasteiger partial charge in [-0.15, -0.1) is 0 Å². The van der Waals surface area contributed by atoms with Crippen molar-refractivity contribution in [2.45, 2.75) is 38.0 Å². The van der Waals surface area contributed by atoms with Crippen molar-refractivity contribution in [1.82, 2.24) is 5.43 Å². The van der Waals surface area contributed by atoms with Gasteiger partial charge in [0.25, 0.3) is 0 Å². The van der Waals surface area contributed by atoms with Crippen molar-refractivity contribution in [2.75, 3.05) is 5.75 Å². The van der Waals surface area contributed by atoms with Crippen LogP contribution in [0.3, 0.4) is 0 Å². The van der Waals surface area contributed by atoms with E-state index in [2.05, 4.69) is 26.2 Å². The number of benzene rings is 1. The lowest BCUT2D eigenvalue weighted by Gasteiger charge is -2.22. The molecule has 3 N–H and O–H groups in total. The summed E-state index contributed by atoms with van der Waals surface area (Å²) in [7, 11) is 0. The van der Waals surface area contributed by atoms with Crippen molar-refractivity contribution in [3.05, 3.63) is 35.4 Å². The normalized spacial score (nSPS) is 13.7. The van der Waals surface area contributed by atoms with E-state index >= 15 is 0 Å². The second-order valence-corrected chi connectivity index (χ2v) is 7.05. The fraction of sp³-hybridized carbons (Fsp3) is 0.538. The maximum Gasteiger partial charge on any atom is 0.162 e. The first-order valence-corrected chi connectivity index (χ1v) is 6.85. The minimum absolute atomic E-state index is 0.0782. The van der Waals surface area contributed by atoms with Gasteiger partial charge in [-0.3, -0.25) is 11.3 Å². The smallest absolute Gasteiger partial charge is 0.162 e. The van der Waals surface area contributed by atoms with Crippen molar-refractivity contribution in [1.29, 1.82) is 0 Å². The molecule has 0 heterocycles. The van der Waals surface area contributed by atoms with Crippen LogP contribution in [0.4, 0.5) is 8.78 Å². The summed E-state index contributed by atoms with van der Waals surface area (Å²) in [5, 5.41) is 0. The SMILES string of the molecule is CC(C)(C)SCC(Cc1cccc(F)c1F)NN. The van der Waals surface area contributed by atoms with E-state index in [0.717, 1.165) is 11.8 Å². The Bertz CT molecular complexity index is 391. The van der Waals surface area contributed by atoms with Crippen LogP contribution in [-0.4, -0.2) is 16.5 Å². The Labute approximate surface area is 111 Å². The van der Waals surface area contributed by atoms with Crippen molar-refractivity contribution >= 4 is 11.8 Å². The summed E-state index contributed by atoms with van der Waals surface area (Å²) >= 11 is 1.74. The third-order valence-electron chi connectivity index (χ3n) is 2.45. The van der Waals surface area contributed by atoms with Crippen LogP contribution >= 0.6 is 11.8 Å². The van der Waals surface area contributed by atoms with Gasteiger partial charge in [-0.25, -0.2) is 8.78 Å². The Morgan fingerprint density at radius 3 is 2.56 bits per heavy atom. The first-order valence-electron chi connectivity index (χ1n) is 5.86. The molecule has 1 unspecified atom stereocenters. The number of hydrazine groups is 1. The van der Waals surface area contributed by atoms with E-state index in [9.17, 15) is 8.78 Å². The molecule has 0 aliphatic carbocycles. The van der Waals surface area contributed by atoms with Crippen molar-refractivity contribution in [3.63, 3.8) is 0 Å². The maximum absolute atomic E-state index is 13.5. The van der Waals surface area contributed by atoms with Gasteiger partial charge in [0.15, 0.2) is 11.6 Å². The van der Waals surface area contributed by atoms with Gasteiger partial charge < -0.3 is 0 Å². The molecule has 18 heavy (non-hydrogen) atoms. The molecule has 2 nitrogen and oxygen atoms in total. The van der Waals surface area contributed by atoms with Crippen LogP contribution in [0.2, 0.25) is 0 Å². The molecule has 0 fully saturated rings. The fourth-order valence-electron chi connectivity index (χ4n) is 1.49. The number of rotatable bonds is 5. The largest absolute Gasteiger partial charge is 0.271 e. The van der Waals surface area contributed by atoms with Gasteiger partial charge in [0, 0.05) is 16.5 Å². The number of hydrogen-bond acceptors (Lipinski definition) is 3. The Hall–Kier alpha value is -0.650. The van der Waals surface area contributed by atoms with E-state index in [4.69, 9.17) is 5.84 Å². The molecule has 5 heteroatoms. The summed E-state index contributed by atoms with van der Waals surface area (Å²) < 4.78 is 26.7. The summed E-state index contributed by atoms with van der Waals surface area (Å²) in [5.41, 5.74) is 3.01. The molecule has 0 aliphatic rings. The molecule has 0 spiro atoms. The van der Waals surface area contributed by atoms with Crippen LogP contribution in [0.1, 0.15) is 26.3 Å². The molecule has 0 saturated heterocycles. The van der Waals surface area contributed by atoms with Gasteiger partial charge in [0.2, 0.25) is 0 Å². The standard InChI is InChI=1S/C13H20F2N2S/c1-13(2,3)18-8-10(17-16)7-9-5-4-6-11(14)12(9)15/h4-6,10,17H,7-8,16H2,1-3H3. The van der Waals surface area contributed by atoms with Crippen molar-refractivity contribution < 1.29 is 8.78 Å². The number of thioether (sulfide) groups is 1. The molecule has 1 aromatic carbocycles. The molecule has 0 amide bonds. The second kappa shape index (κ2) is 6.50. The van der Waals surface area contributed by atoms with Gasteiger partial charge >= 0.3 is 0 Å². The fourth-order valence-corrected chi connectivity index (χ4v) is 2.40. The zero-order valence-corrected chi connectivity index (χ0v) is 11.8. The summed E-state index contributed by atoms with van der Waals surface area (Å²) in [6.45, 7) is 6.32. The second-order valence-electron chi connectivity index (χ2n) is 5.20. The summed E-state index contributed by atoms with van der Waals surface area (Å²) in [6.07, 6.45) is 0.378. The van der Waals surface area contributed by atoms with Gasteiger partial charge in [0.05, 0.1) is 0 Å². The molecular formula is C13H20F2N2S. The topological polar surface area (TPSA) is 38.0 Å². The van der Waals surface area contributed by atoms with Crippen LogP contribution < -0.4 is 11.3 Å². The number of nitrogens with two attached hydrogens (primary N) is 1. The molecule has 0 saturated carbocycles. The first-order chi connectivity index (χ1) is 8.33. The Morgan fingerprint density at radius 2 is 2.00 bits per heavy atom. The first kappa shape index (κ1) is 15.4. The number of halogens is 2. The quantitative estimate of drug-likeness (QED) is 0.640. The summed E-state index contributed by atoms with van der Waals surface area (Å²) in [6, 6.07) is 4.14. The molecule has 0 aromatic heterocycles. The predicted molar refractivity (Wildman–Crippen MR) is 73.4 cm³/mol. The van der Waals surface area contributed by atoms with Crippen molar-refractivity contribution in [3.8, 4) is 0 Å². The molecule has 1 rings (SSSR count). The van der Waals surface area contributed by atoms with Gasteiger partial charge in [0.1, 0.15) is 0 Å². The lowest BCUT2D eigenvalue weighted by molar-refractivity contribution is 0.486. The Morgan fingerprint density at radius 1 is 1.33 bits per heavy atom. The summed E-state index contributed by atoms with van der Waals surface area (Å²) in [5.74, 6) is 4.61. The van der Waals surface area contributed by atoms with E-state index in [1.54, 1.807) is 17.8 Å². The third-order valence-corrected chi connectivity index (χ3v) is 3.89. The highest BCUT2D eigenvalue weighted by Gasteiger charge is 2.17. The molecule has 0 radical (unpaired) electrons. The lowest BCUT2D eigenvalue weighted by Crippen LogP contribution is -2.39. The predicted octanol–water partition coefficient (Wildman–Crippen LogP) is 2.87. The number of nitrogens with one attached hydrogen (secondary N) is 1. The third kappa shape index (κ3) is 4.92. The molecule has 0 bridgehead atoms. The van der Waals surface area contributed by atoms with Crippen LogP contribution in [0, 0.1) is 11.6 Å². The zero-order valence-electron chi connectivity index (χ0n) is 11.0. The Kier molecular flexibility index (Phi) is 5.56. The number of hydrogen-bond donors (Lipinski definition) is 2. The molecular weight excluding hydrogens is 254 g/mol. The average Bonchev–Trinajstić information content (AvgIpc) is 2.28. The van der Waals surface area contributed by atoms with E-state index < -0.39 is 11.6 Å². The average molecular weight is 274 g/mol. The molecule has 1 atom stereocenters. The highest BCUT2D eigenvalue weighted by Crippen LogP contribution is 2.24. The van der Waals surface area contributed by atoms with E-state index in [1.807, 2.05) is 0 Å². The van der Waals surface area contributed by atoms with E-state index in [-0.39, 0.29) is 10.8 Å². The van der Waals surface area contributed by atoms with Crippen LogP contribution in [0.25, 0.3) is 0 Å². The lowest BCUT2D eigenvalue weighted by atomic mass is 10.1. The molecule has 102 valence electrons. The maximum atomic E-state index is 13.5. The van der Waals surface area contributed by atoms with Crippen LogP contribution in [-0.2, 0) is 6.42 Å². The highest BCUT2D eigenvalue weighted by molar-refractivity contribution is 8.00. The van der Waals surface area contributed by atoms with E-state index in [0.29, 0.717) is 12.0 Å². The van der Waals surface area contributed by atoms with Gasteiger partial charge in [-0.2, -0.15) is 11.8 Å². The van der Waals surface area contributed by atoms with Gasteiger partial charge in [-0.05, 0) is 18.1 Å². The zero-order chi connectivity index (χ0) is 13.8. The minimum Gasteiger partial charge on any atom is -0.271 e. The van der Waals surface area contributed by atoms with Crippen molar-refractivity contribution in [2.24, 2.45) is 5.84 Å². The monoisotopic (exact) mass is 274 g/mol. The van der Waals surface area contributed by atoms with Crippen LogP contribution in [0.15, 0.2) is 18.2 Å². The molecule has 1 aromatic rings.